The molecule has 5 heteroatoms. The molecule has 0 atom stereocenters. The SMILES string of the molecule is Cc1ccc(/C=C/C(=O)Nc2c(C(=O)c3ccc(C)c(F)c3)oc3ccccc23)cc1. The monoisotopic (exact) mass is 413 g/mol. The molecule has 4 aromatic rings. The van der Waals surface area contributed by atoms with E-state index in [4.69, 9.17) is 4.42 Å². The molecule has 4 nitrogen and oxygen atoms in total. The van der Waals surface area contributed by atoms with Gasteiger partial charge in [0, 0.05) is 17.0 Å². The van der Waals surface area contributed by atoms with E-state index < -0.39 is 17.5 Å². The van der Waals surface area contributed by atoms with Gasteiger partial charge in [0.05, 0.1) is 5.69 Å². The van der Waals surface area contributed by atoms with E-state index in [1.54, 1.807) is 37.3 Å². The maximum atomic E-state index is 14.0. The quantitative estimate of drug-likeness (QED) is 0.319. The maximum Gasteiger partial charge on any atom is 0.248 e. The van der Waals surface area contributed by atoms with Crippen LogP contribution in [0.1, 0.15) is 32.8 Å². The molecular formula is C26H20FNO3. The Morgan fingerprint density at radius 1 is 0.968 bits per heavy atom. The van der Waals surface area contributed by atoms with Gasteiger partial charge in [-0.1, -0.05) is 54.1 Å². The second-order valence-corrected chi connectivity index (χ2v) is 7.33. The van der Waals surface area contributed by atoms with E-state index >= 15 is 0 Å². The summed E-state index contributed by atoms with van der Waals surface area (Å²) in [6.07, 6.45) is 3.08. The zero-order chi connectivity index (χ0) is 22.0. The number of carbonyl (C=O) groups excluding carboxylic acids is 2. The molecule has 0 radical (unpaired) electrons. The second kappa shape index (κ2) is 8.40. The van der Waals surface area contributed by atoms with Crippen LogP contribution in [0.2, 0.25) is 0 Å². The molecule has 154 valence electrons. The molecule has 1 N–H and O–H groups in total. The Labute approximate surface area is 179 Å². The molecule has 0 saturated carbocycles. The fraction of sp³-hybridized carbons (Fsp3) is 0.0769. The molecule has 0 saturated heterocycles. The molecular weight excluding hydrogens is 393 g/mol. The molecule has 1 heterocycles. The number of aryl methyl sites for hydroxylation is 2. The average Bonchev–Trinajstić information content (AvgIpc) is 3.13. The Morgan fingerprint density at radius 2 is 1.71 bits per heavy atom. The van der Waals surface area contributed by atoms with Gasteiger partial charge in [-0.2, -0.15) is 0 Å². The van der Waals surface area contributed by atoms with Gasteiger partial charge in [0.2, 0.25) is 11.7 Å². The molecule has 0 aliphatic rings. The number of rotatable bonds is 5. The molecule has 3 aromatic carbocycles. The summed E-state index contributed by atoms with van der Waals surface area (Å²) in [6.45, 7) is 3.61. The Hall–Kier alpha value is -3.99. The third-order valence-electron chi connectivity index (χ3n) is 4.99. The number of hydrogen-bond acceptors (Lipinski definition) is 3. The molecule has 0 aliphatic carbocycles. The van der Waals surface area contributed by atoms with Crippen LogP contribution in [0, 0.1) is 19.7 Å². The van der Waals surface area contributed by atoms with Crippen molar-refractivity contribution in [2.24, 2.45) is 0 Å². The lowest BCUT2D eigenvalue weighted by Gasteiger charge is -2.05. The van der Waals surface area contributed by atoms with Gasteiger partial charge in [0.1, 0.15) is 11.4 Å². The van der Waals surface area contributed by atoms with E-state index in [0.29, 0.717) is 16.5 Å². The van der Waals surface area contributed by atoms with Gasteiger partial charge in [-0.15, -0.1) is 0 Å². The van der Waals surface area contributed by atoms with Crippen LogP contribution in [-0.4, -0.2) is 11.7 Å². The minimum absolute atomic E-state index is 0.0402. The van der Waals surface area contributed by atoms with Crippen molar-refractivity contribution in [1.29, 1.82) is 0 Å². The highest BCUT2D eigenvalue weighted by atomic mass is 19.1. The van der Waals surface area contributed by atoms with Crippen LogP contribution in [-0.2, 0) is 4.79 Å². The van der Waals surface area contributed by atoms with Crippen molar-refractivity contribution in [1.82, 2.24) is 0 Å². The van der Waals surface area contributed by atoms with Gasteiger partial charge in [0.25, 0.3) is 0 Å². The smallest absolute Gasteiger partial charge is 0.248 e. The normalized spacial score (nSPS) is 11.2. The van der Waals surface area contributed by atoms with Crippen LogP contribution >= 0.6 is 0 Å². The van der Waals surface area contributed by atoms with Crippen LogP contribution < -0.4 is 5.32 Å². The maximum absolute atomic E-state index is 14.0. The molecule has 0 aliphatic heterocycles. The van der Waals surface area contributed by atoms with Crippen molar-refractivity contribution in [2.45, 2.75) is 13.8 Å². The Morgan fingerprint density at radius 3 is 2.45 bits per heavy atom. The van der Waals surface area contributed by atoms with Crippen molar-refractivity contribution in [3.63, 3.8) is 0 Å². The fourth-order valence-electron chi connectivity index (χ4n) is 3.21. The Kier molecular flexibility index (Phi) is 5.50. The van der Waals surface area contributed by atoms with Crippen LogP contribution in [0.4, 0.5) is 10.1 Å². The van der Waals surface area contributed by atoms with Gasteiger partial charge < -0.3 is 9.73 Å². The molecule has 4 rings (SSSR count). The lowest BCUT2D eigenvalue weighted by Crippen LogP contribution is -2.11. The third-order valence-corrected chi connectivity index (χ3v) is 4.99. The summed E-state index contributed by atoms with van der Waals surface area (Å²) in [4.78, 5) is 25.7. The highest BCUT2D eigenvalue weighted by molar-refractivity contribution is 6.18. The largest absolute Gasteiger partial charge is 0.450 e. The molecule has 0 bridgehead atoms. The number of fused-ring (bicyclic) bond motifs is 1. The minimum Gasteiger partial charge on any atom is -0.450 e. The zero-order valence-electron chi connectivity index (χ0n) is 17.1. The fourth-order valence-corrected chi connectivity index (χ4v) is 3.21. The standard InChI is InChI=1S/C26H20FNO3/c1-16-7-10-18(11-8-16)12-14-23(29)28-24-20-5-3-4-6-22(20)31-26(24)25(30)19-13-9-17(2)21(27)15-19/h3-15H,1-2H3,(H,28,29)/b14-12+. The summed E-state index contributed by atoms with van der Waals surface area (Å²) in [5, 5.41) is 3.35. The van der Waals surface area contributed by atoms with Gasteiger partial charge in [0.15, 0.2) is 5.76 Å². The first-order valence-electron chi connectivity index (χ1n) is 9.80. The van der Waals surface area contributed by atoms with E-state index in [1.165, 1.54) is 24.3 Å². The van der Waals surface area contributed by atoms with E-state index in [2.05, 4.69) is 5.32 Å². The zero-order valence-corrected chi connectivity index (χ0v) is 17.1. The summed E-state index contributed by atoms with van der Waals surface area (Å²) >= 11 is 0. The number of nitrogens with one attached hydrogen (secondary N) is 1. The van der Waals surface area contributed by atoms with Gasteiger partial charge >= 0.3 is 0 Å². The number of furan rings is 1. The third kappa shape index (κ3) is 4.31. The molecule has 31 heavy (non-hydrogen) atoms. The van der Waals surface area contributed by atoms with Crippen LogP contribution in [0.3, 0.4) is 0 Å². The number of amides is 1. The summed E-state index contributed by atoms with van der Waals surface area (Å²) < 4.78 is 19.7. The van der Waals surface area contributed by atoms with Gasteiger partial charge in [-0.05, 0) is 49.2 Å². The number of ketones is 1. The van der Waals surface area contributed by atoms with E-state index in [-0.39, 0.29) is 17.0 Å². The number of carbonyl (C=O) groups is 2. The highest BCUT2D eigenvalue weighted by Crippen LogP contribution is 2.32. The van der Waals surface area contributed by atoms with Crippen LogP contribution in [0.15, 0.2) is 77.2 Å². The molecule has 0 spiro atoms. The molecule has 1 amide bonds. The first-order valence-corrected chi connectivity index (χ1v) is 9.80. The Balaban J connectivity index is 1.67. The number of anilines is 1. The van der Waals surface area contributed by atoms with Crippen molar-refractivity contribution < 1.29 is 18.4 Å². The van der Waals surface area contributed by atoms with Gasteiger partial charge in [-0.3, -0.25) is 9.59 Å². The van der Waals surface area contributed by atoms with Crippen molar-refractivity contribution in [3.8, 4) is 0 Å². The summed E-state index contributed by atoms with van der Waals surface area (Å²) in [7, 11) is 0. The predicted molar refractivity (Wildman–Crippen MR) is 120 cm³/mol. The lowest BCUT2D eigenvalue weighted by atomic mass is 10.0. The first kappa shape index (κ1) is 20.3. The summed E-state index contributed by atoms with van der Waals surface area (Å²) in [5.74, 6) is -1.43. The predicted octanol–water partition coefficient (Wildman–Crippen LogP) is 6.07. The van der Waals surface area contributed by atoms with E-state index in [9.17, 15) is 14.0 Å². The molecule has 0 fully saturated rings. The van der Waals surface area contributed by atoms with Gasteiger partial charge in [-0.25, -0.2) is 4.39 Å². The average molecular weight is 413 g/mol. The topological polar surface area (TPSA) is 59.3 Å². The minimum atomic E-state index is -0.507. The van der Waals surface area contributed by atoms with Crippen molar-refractivity contribution >= 4 is 34.4 Å². The number of para-hydroxylation sites is 1. The lowest BCUT2D eigenvalue weighted by molar-refractivity contribution is -0.111. The summed E-state index contributed by atoms with van der Waals surface area (Å²) in [6, 6.07) is 19.0. The summed E-state index contributed by atoms with van der Waals surface area (Å²) in [5.41, 5.74) is 3.31. The van der Waals surface area contributed by atoms with Crippen molar-refractivity contribution in [2.75, 3.05) is 5.32 Å². The molecule has 1 aromatic heterocycles. The van der Waals surface area contributed by atoms with E-state index in [0.717, 1.165) is 11.1 Å². The highest BCUT2D eigenvalue weighted by Gasteiger charge is 2.23. The molecule has 0 unspecified atom stereocenters. The first-order chi connectivity index (χ1) is 14.9. The van der Waals surface area contributed by atoms with E-state index in [1.807, 2.05) is 31.2 Å². The number of benzene rings is 3. The Bertz CT molecular complexity index is 1320. The van der Waals surface area contributed by atoms with Crippen molar-refractivity contribution in [3.05, 3.63) is 107 Å². The number of halogens is 1. The van der Waals surface area contributed by atoms with Crippen LogP contribution in [0.25, 0.3) is 17.0 Å². The van der Waals surface area contributed by atoms with Crippen LogP contribution in [0.5, 0.6) is 0 Å². The second-order valence-electron chi connectivity index (χ2n) is 7.33. The number of hydrogen-bond donors (Lipinski definition) is 1.